The van der Waals surface area contributed by atoms with Gasteiger partial charge in [0, 0.05) is 26.2 Å². The largest absolute Gasteiger partial charge is 0.261 e. The first kappa shape index (κ1) is 9.20. The topological polar surface area (TPSA) is 12.9 Å². The highest BCUT2D eigenvalue weighted by Crippen LogP contribution is 2.16. The van der Waals surface area contributed by atoms with Gasteiger partial charge < -0.3 is 0 Å². The van der Waals surface area contributed by atoms with Crippen LogP contribution in [-0.2, 0) is 0 Å². The van der Waals surface area contributed by atoms with Crippen molar-refractivity contribution in [2.75, 3.05) is 0 Å². The van der Waals surface area contributed by atoms with Crippen molar-refractivity contribution >= 4 is 8.80 Å². The number of rotatable bonds is 3. The van der Waals surface area contributed by atoms with Crippen molar-refractivity contribution in [1.29, 1.82) is 0 Å². The van der Waals surface area contributed by atoms with E-state index >= 15 is 0 Å². The second-order valence-corrected chi connectivity index (χ2v) is 6.47. The van der Waals surface area contributed by atoms with E-state index in [1.165, 1.54) is 5.69 Å². The first-order valence-electron chi connectivity index (χ1n) is 4.29. The summed E-state index contributed by atoms with van der Waals surface area (Å²) < 4.78 is 0. The van der Waals surface area contributed by atoms with E-state index in [9.17, 15) is 0 Å². The summed E-state index contributed by atoms with van der Waals surface area (Å²) in [6, 6.07) is 6.07. The molecule has 0 radical (unpaired) electrons. The van der Waals surface area contributed by atoms with Gasteiger partial charge in [0.25, 0.3) is 0 Å². The molecule has 1 unspecified atom stereocenters. The summed E-state index contributed by atoms with van der Waals surface area (Å²) in [5.41, 5.74) is 1.69. The molecule has 0 bridgehead atoms. The van der Waals surface area contributed by atoms with Crippen LogP contribution in [0.4, 0.5) is 0 Å². The number of allylic oxidation sites excluding steroid dienone is 1. The summed E-state index contributed by atoms with van der Waals surface area (Å²) in [4.78, 5) is 4.33. The molecule has 0 amide bonds. The number of aromatic nitrogens is 1. The van der Waals surface area contributed by atoms with Crippen molar-refractivity contribution in [2.24, 2.45) is 0 Å². The van der Waals surface area contributed by atoms with Gasteiger partial charge in [0.1, 0.15) is 0 Å². The second-order valence-electron chi connectivity index (χ2n) is 3.26. The summed E-state index contributed by atoms with van der Waals surface area (Å²) in [5.74, 6) is 0. The van der Waals surface area contributed by atoms with Crippen molar-refractivity contribution in [2.45, 2.75) is 18.6 Å². The van der Waals surface area contributed by atoms with Crippen LogP contribution < -0.4 is 0 Å². The predicted octanol–water partition coefficient (Wildman–Crippen LogP) is 2.38. The highest BCUT2D eigenvalue weighted by Gasteiger charge is 2.12. The molecular formula is C10H15NSi. The Morgan fingerprint density at radius 3 is 2.67 bits per heavy atom. The summed E-state index contributed by atoms with van der Waals surface area (Å²) >= 11 is 0. The van der Waals surface area contributed by atoms with Gasteiger partial charge in [-0.25, -0.2) is 0 Å². The first-order chi connectivity index (χ1) is 5.75. The Hall–Kier alpha value is -0.893. The standard InChI is InChI=1S/C10H15NSi/c1-4-10(12(2)3)9-7-5-6-8-11-9/h4-8,10,12H,1H2,2-3H3. The summed E-state index contributed by atoms with van der Waals surface area (Å²) in [7, 11) is -0.693. The van der Waals surface area contributed by atoms with Gasteiger partial charge in [0.2, 0.25) is 0 Å². The van der Waals surface area contributed by atoms with Gasteiger partial charge in [-0.3, -0.25) is 4.98 Å². The Bertz CT molecular complexity index is 243. The maximum absolute atomic E-state index is 4.33. The molecule has 1 atom stereocenters. The zero-order chi connectivity index (χ0) is 8.97. The molecule has 12 heavy (non-hydrogen) atoms. The molecule has 0 aromatic carbocycles. The third-order valence-electron chi connectivity index (χ3n) is 2.00. The minimum Gasteiger partial charge on any atom is -0.261 e. The van der Waals surface area contributed by atoms with Crippen LogP contribution in [0.15, 0.2) is 37.1 Å². The Labute approximate surface area is 75.8 Å². The minimum atomic E-state index is -0.693. The van der Waals surface area contributed by atoms with Gasteiger partial charge >= 0.3 is 0 Å². The first-order valence-corrected chi connectivity index (χ1v) is 7.26. The summed E-state index contributed by atoms with van der Waals surface area (Å²) in [6.45, 7) is 8.49. The van der Waals surface area contributed by atoms with Gasteiger partial charge in [0.05, 0.1) is 0 Å². The average molecular weight is 177 g/mol. The molecule has 1 rings (SSSR count). The van der Waals surface area contributed by atoms with E-state index in [1.807, 2.05) is 24.4 Å². The smallest absolute Gasteiger partial charge is 0.0455 e. The fraction of sp³-hybridized carbons (Fsp3) is 0.300. The van der Waals surface area contributed by atoms with E-state index in [2.05, 4.69) is 30.7 Å². The van der Waals surface area contributed by atoms with Gasteiger partial charge in [-0.05, 0) is 12.1 Å². The summed E-state index contributed by atoms with van der Waals surface area (Å²) in [5, 5.41) is 0. The number of hydrogen-bond acceptors (Lipinski definition) is 1. The fourth-order valence-electron chi connectivity index (χ4n) is 1.31. The molecule has 0 saturated carbocycles. The number of nitrogens with zero attached hydrogens (tertiary/aromatic N) is 1. The average Bonchev–Trinajstić information content (AvgIpc) is 2.07. The lowest BCUT2D eigenvalue weighted by atomic mass is 10.2. The van der Waals surface area contributed by atoms with Crippen LogP contribution in [0.3, 0.4) is 0 Å². The molecule has 1 aromatic heterocycles. The molecule has 2 heteroatoms. The lowest BCUT2D eigenvalue weighted by molar-refractivity contribution is 1.05. The molecule has 1 nitrogen and oxygen atoms in total. The van der Waals surface area contributed by atoms with Crippen molar-refractivity contribution in [1.82, 2.24) is 4.98 Å². The molecule has 0 aliphatic rings. The monoisotopic (exact) mass is 177 g/mol. The quantitative estimate of drug-likeness (QED) is 0.510. The lowest BCUT2D eigenvalue weighted by Crippen LogP contribution is -2.14. The molecule has 0 N–H and O–H groups in total. The molecule has 1 heterocycles. The molecule has 0 fully saturated rings. The van der Waals surface area contributed by atoms with E-state index in [0.717, 1.165) is 0 Å². The predicted molar refractivity (Wildman–Crippen MR) is 56.1 cm³/mol. The van der Waals surface area contributed by atoms with Crippen molar-refractivity contribution in [3.05, 3.63) is 42.7 Å². The van der Waals surface area contributed by atoms with Crippen LogP contribution in [0.5, 0.6) is 0 Å². The zero-order valence-corrected chi connectivity index (χ0v) is 8.85. The van der Waals surface area contributed by atoms with Crippen LogP contribution in [0.1, 0.15) is 11.2 Å². The highest BCUT2D eigenvalue weighted by atomic mass is 28.3. The molecular weight excluding hydrogens is 162 g/mol. The second kappa shape index (κ2) is 4.21. The molecule has 0 aliphatic heterocycles. The Balaban J connectivity index is 2.88. The molecule has 64 valence electrons. The maximum Gasteiger partial charge on any atom is 0.0455 e. The van der Waals surface area contributed by atoms with Crippen LogP contribution in [-0.4, -0.2) is 13.8 Å². The Kier molecular flexibility index (Phi) is 3.23. The van der Waals surface area contributed by atoms with Crippen molar-refractivity contribution < 1.29 is 0 Å². The van der Waals surface area contributed by atoms with E-state index in [1.54, 1.807) is 0 Å². The normalized spacial score (nSPS) is 12.9. The van der Waals surface area contributed by atoms with Gasteiger partial charge in [-0.1, -0.05) is 25.2 Å². The number of pyridine rings is 1. The van der Waals surface area contributed by atoms with Crippen LogP contribution in [0, 0.1) is 0 Å². The summed E-state index contributed by atoms with van der Waals surface area (Å²) in [6.07, 6.45) is 3.88. The van der Waals surface area contributed by atoms with E-state index in [4.69, 9.17) is 0 Å². The SMILES string of the molecule is C=CC(c1ccccn1)[SiH](C)C. The van der Waals surface area contributed by atoms with Gasteiger partial charge in [-0.15, -0.1) is 6.58 Å². The van der Waals surface area contributed by atoms with Crippen LogP contribution >= 0.6 is 0 Å². The molecule has 0 saturated heterocycles. The Morgan fingerprint density at radius 1 is 1.50 bits per heavy atom. The lowest BCUT2D eigenvalue weighted by Gasteiger charge is -2.13. The molecule has 1 aromatic rings. The van der Waals surface area contributed by atoms with E-state index in [0.29, 0.717) is 5.54 Å². The maximum atomic E-state index is 4.33. The van der Waals surface area contributed by atoms with Crippen LogP contribution in [0.25, 0.3) is 0 Å². The zero-order valence-electron chi connectivity index (χ0n) is 7.70. The van der Waals surface area contributed by atoms with Gasteiger partial charge in [0.15, 0.2) is 0 Å². The van der Waals surface area contributed by atoms with E-state index < -0.39 is 8.80 Å². The third-order valence-corrected chi connectivity index (χ3v) is 4.05. The van der Waals surface area contributed by atoms with E-state index in [-0.39, 0.29) is 0 Å². The third kappa shape index (κ3) is 2.05. The Morgan fingerprint density at radius 2 is 2.25 bits per heavy atom. The van der Waals surface area contributed by atoms with Gasteiger partial charge in [-0.2, -0.15) is 0 Å². The van der Waals surface area contributed by atoms with Crippen LogP contribution in [0.2, 0.25) is 13.1 Å². The fourth-order valence-corrected chi connectivity index (χ4v) is 2.73. The van der Waals surface area contributed by atoms with Crippen molar-refractivity contribution in [3.63, 3.8) is 0 Å². The molecule has 0 spiro atoms. The van der Waals surface area contributed by atoms with Crippen molar-refractivity contribution in [3.8, 4) is 0 Å². The molecule has 0 aliphatic carbocycles. The highest BCUT2D eigenvalue weighted by molar-refractivity contribution is 6.58. The number of hydrogen-bond donors (Lipinski definition) is 0. The minimum absolute atomic E-state index is 0.520.